The Kier molecular flexibility index (Phi) is 2.26. The summed E-state index contributed by atoms with van der Waals surface area (Å²) in [6, 6.07) is 8.58. The molecule has 1 N–H and O–H groups in total. The minimum atomic E-state index is -0.991. The second-order valence-corrected chi connectivity index (χ2v) is 3.69. The molecule has 2 heterocycles. The van der Waals surface area contributed by atoms with Crippen molar-refractivity contribution in [1.29, 1.82) is 0 Å². The molecule has 3 rings (SSSR count). The fraction of sp³-hybridized carbons (Fsp3) is 0. The first-order chi connectivity index (χ1) is 8.75. The number of rotatable bonds is 2. The third-order valence-corrected chi connectivity index (χ3v) is 2.59. The van der Waals surface area contributed by atoms with E-state index in [1.54, 1.807) is 18.2 Å². The lowest BCUT2D eigenvalue weighted by molar-refractivity contribution is 0.0699. The van der Waals surface area contributed by atoms with Crippen molar-refractivity contribution in [2.45, 2.75) is 0 Å². The minimum Gasteiger partial charge on any atom is -0.478 e. The van der Waals surface area contributed by atoms with Crippen LogP contribution < -0.4 is 0 Å². The summed E-state index contributed by atoms with van der Waals surface area (Å²) in [5, 5.41) is 13.8. The van der Waals surface area contributed by atoms with Crippen molar-refractivity contribution in [3.05, 3.63) is 48.5 Å². The fourth-order valence-corrected chi connectivity index (χ4v) is 1.78. The Bertz CT molecular complexity index is 722. The number of aromatic nitrogens is 4. The lowest BCUT2D eigenvalue weighted by Gasteiger charge is -2.05. The molecule has 88 valence electrons. The Balaban J connectivity index is 2.33. The zero-order valence-electron chi connectivity index (χ0n) is 9.19. The maximum absolute atomic E-state index is 11.3. The Hall–Kier alpha value is -2.76. The van der Waals surface area contributed by atoms with Gasteiger partial charge in [0.05, 0.1) is 11.1 Å². The highest BCUT2D eigenvalue weighted by Crippen LogP contribution is 2.19. The van der Waals surface area contributed by atoms with Gasteiger partial charge < -0.3 is 5.11 Å². The van der Waals surface area contributed by atoms with Crippen LogP contribution in [0.5, 0.6) is 0 Å². The molecule has 0 bridgehead atoms. The van der Waals surface area contributed by atoms with Crippen LogP contribution in [0, 0.1) is 0 Å². The van der Waals surface area contributed by atoms with Crippen LogP contribution in [0.2, 0.25) is 0 Å². The van der Waals surface area contributed by atoms with Crippen LogP contribution >= 0.6 is 0 Å². The largest absolute Gasteiger partial charge is 0.478 e. The van der Waals surface area contributed by atoms with Gasteiger partial charge in [-0.25, -0.2) is 19.4 Å². The summed E-state index contributed by atoms with van der Waals surface area (Å²) in [5.41, 5.74) is 0.814. The number of carboxylic acid groups (broad SMARTS) is 1. The van der Waals surface area contributed by atoms with Gasteiger partial charge in [-0.15, -0.1) is 0 Å². The Morgan fingerprint density at radius 1 is 1.28 bits per heavy atom. The standard InChI is InChI=1S/C12H8N4O2/c17-12(18)9-5-11(16-7-13-6-14-16)15-10-4-2-1-3-8(9)10/h1-7H,(H,17,18). The molecule has 1 aromatic carbocycles. The quantitative estimate of drug-likeness (QED) is 0.734. The van der Waals surface area contributed by atoms with Crippen molar-refractivity contribution >= 4 is 16.9 Å². The first-order valence-corrected chi connectivity index (χ1v) is 5.24. The Morgan fingerprint density at radius 3 is 2.83 bits per heavy atom. The van der Waals surface area contributed by atoms with Crippen LogP contribution in [0.4, 0.5) is 0 Å². The topological polar surface area (TPSA) is 80.9 Å². The van der Waals surface area contributed by atoms with Gasteiger partial charge in [0, 0.05) is 5.39 Å². The molecule has 0 atom stereocenters. The number of fused-ring (bicyclic) bond motifs is 1. The van der Waals surface area contributed by atoms with Crippen molar-refractivity contribution in [3.63, 3.8) is 0 Å². The Morgan fingerprint density at radius 2 is 2.11 bits per heavy atom. The van der Waals surface area contributed by atoms with Gasteiger partial charge in [-0.1, -0.05) is 18.2 Å². The maximum atomic E-state index is 11.3. The predicted octanol–water partition coefficient (Wildman–Crippen LogP) is 1.51. The number of hydrogen-bond acceptors (Lipinski definition) is 4. The van der Waals surface area contributed by atoms with Gasteiger partial charge in [-0.3, -0.25) is 0 Å². The van der Waals surface area contributed by atoms with Gasteiger partial charge in [0.2, 0.25) is 0 Å². The van der Waals surface area contributed by atoms with Gasteiger partial charge in [0.1, 0.15) is 12.7 Å². The number of nitrogens with zero attached hydrogens (tertiary/aromatic N) is 4. The molecule has 0 amide bonds. The maximum Gasteiger partial charge on any atom is 0.336 e. The van der Waals surface area contributed by atoms with Crippen molar-refractivity contribution in [2.24, 2.45) is 0 Å². The Labute approximate surface area is 102 Å². The normalized spacial score (nSPS) is 10.7. The van der Waals surface area contributed by atoms with E-state index < -0.39 is 5.97 Å². The van der Waals surface area contributed by atoms with E-state index in [9.17, 15) is 9.90 Å². The number of hydrogen-bond donors (Lipinski definition) is 1. The van der Waals surface area contributed by atoms with Gasteiger partial charge in [0.25, 0.3) is 0 Å². The van der Waals surface area contributed by atoms with E-state index in [2.05, 4.69) is 15.1 Å². The zero-order chi connectivity index (χ0) is 12.5. The second kappa shape index (κ2) is 3.92. The van der Waals surface area contributed by atoms with E-state index in [0.29, 0.717) is 16.7 Å². The summed E-state index contributed by atoms with van der Waals surface area (Å²) in [7, 11) is 0. The lowest BCUT2D eigenvalue weighted by atomic mass is 10.1. The first kappa shape index (κ1) is 10.4. The van der Waals surface area contributed by atoms with Crippen molar-refractivity contribution in [3.8, 4) is 5.82 Å². The van der Waals surface area contributed by atoms with E-state index in [1.807, 2.05) is 6.07 Å². The molecule has 0 aliphatic heterocycles. The molecule has 6 nitrogen and oxygen atoms in total. The van der Waals surface area contributed by atoms with Crippen LogP contribution in [0.25, 0.3) is 16.7 Å². The minimum absolute atomic E-state index is 0.200. The van der Waals surface area contributed by atoms with Gasteiger partial charge in [0.15, 0.2) is 5.82 Å². The number of benzene rings is 1. The highest BCUT2D eigenvalue weighted by atomic mass is 16.4. The molecule has 18 heavy (non-hydrogen) atoms. The average Bonchev–Trinajstić information content (AvgIpc) is 2.91. The van der Waals surface area contributed by atoms with E-state index in [-0.39, 0.29) is 5.56 Å². The molecular formula is C12H8N4O2. The molecule has 0 saturated heterocycles. The van der Waals surface area contributed by atoms with Crippen LogP contribution in [-0.2, 0) is 0 Å². The van der Waals surface area contributed by atoms with Gasteiger partial charge >= 0.3 is 5.97 Å². The number of aromatic carboxylic acids is 1. The first-order valence-electron chi connectivity index (χ1n) is 5.24. The molecule has 0 saturated carbocycles. The molecule has 0 fully saturated rings. The smallest absolute Gasteiger partial charge is 0.336 e. The van der Waals surface area contributed by atoms with E-state index in [4.69, 9.17) is 0 Å². The van der Waals surface area contributed by atoms with Crippen LogP contribution in [0.3, 0.4) is 0 Å². The number of carbonyl (C=O) groups is 1. The van der Waals surface area contributed by atoms with E-state index >= 15 is 0 Å². The summed E-state index contributed by atoms with van der Waals surface area (Å²) in [5.74, 6) is -0.557. The second-order valence-electron chi connectivity index (χ2n) is 3.69. The van der Waals surface area contributed by atoms with Crippen LogP contribution in [-0.4, -0.2) is 30.8 Å². The van der Waals surface area contributed by atoms with E-state index in [0.717, 1.165) is 0 Å². The number of pyridine rings is 1. The molecule has 0 unspecified atom stereocenters. The summed E-state index contributed by atoms with van der Waals surface area (Å²) in [4.78, 5) is 19.4. The van der Waals surface area contributed by atoms with Gasteiger partial charge in [-0.2, -0.15) is 5.10 Å². The number of carboxylic acids is 1. The molecule has 2 aromatic heterocycles. The molecule has 6 heteroatoms. The summed E-state index contributed by atoms with van der Waals surface area (Å²) in [6.07, 6.45) is 2.85. The molecular weight excluding hydrogens is 232 g/mol. The number of para-hydroxylation sites is 1. The molecule has 0 radical (unpaired) electrons. The monoisotopic (exact) mass is 240 g/mol. The summed E-state index contributed by atoms with van der Waals surface area (Å²) < 4.78 is 1.43. The summed E-state index contributed by atoms with van der Waals surface area (Å²) in [6.45, 7) is 0. The van der Waals surface area contributed by atoms with Crippen LogP contribution in [0.1, 0.15) is 10.4 Å². The summed E-state index contributed by atoms with van der Waals surface area (Å²) >= 11 is 0. The van der Waals surface area contributed by atoms with Crippen LogP contribution in [0.15, 0.2) is 43.0 Å². The SMILES string of the molecule is O=C(O)c1cc(-n2cncn2)nc2ccccc12. The zero-order valence-corrected chi connectivity index (χ0v) is 9.19. The molecule has 3 aromatic rings. The van der Waals surface area contributed by atoms with Gasteiger partial charge in [-0.05, 0) is 12.1 Å². The molecule has 0 aliphatic carbocycles. The lowest BCUT2D eigenvalue weighted by Crippen LogP contribution is -2.04. The van der Waals surface area contributed by atoms with E-state index in [1.165, 1.54) is 23.4 Å². The fourth-order valence-electron chi connectivity index (χ4n) is 1.78. The third-order valence-electron chi connectivity index (χ3n) is 2.59. The van der Waals surface area contributed by atoms with Crippen molar-refractivity contribution in [1.82, 2.24) is 19.7 Å². The highest BCUT2D eigenvalue weighted by Gasteiger charge is 2.12. The molecule has 0 aliphatic rings. The van der Waals surface area contributed by atoms with Crippen molar-refractivity contribution < 1.29 is 9.90 Å². The van der Waals surface area contributed by atoms with Crippen molar-refractivity contribution in [2.75, 3.05) is 0 Å². The molecule has 0 spiro atoms. The average molecular weight is 240 g/mol. The predicted molar refractivity (Wildman–Crippen MR) is 63.6 cm³/mol. The highest BCUT2D eigenvalue weighted by molar-refractivity contribution is 6.02. The third kappa shape index (κ3) is 1.60.